The van der Waals surface area contributed by atoms with Crippen molar-refractivity contribution in [2.45, 2.75) is 6.42 Å². The summed E-state index contributed by atoms with van der Waals surface area (Å²) in [7, 11) is 1.65. The summed E-state index contributed by atoms with van der Waals surface area (Å²) in [5.41, 5.74) is 1.25. The maximum absolute atomic E-state index is 5.34. The lowest BCUT2D eigenvalue weighted by Gasteiger charge is -2.06. The SMILES string of the molecule is COCCOCOCCc1ccccc1Br. The fraction of sp³-hybridized carbons (Fsp3) is 0.500. The second kappa shape index (κ2) is 8.70. The predicted octanol–water partition coefficient (Wildman–Crippen LogP) is 2.63. The first kappa shape index (κ1) is 13.6. The number of hydrogen-bond acceptors (Lipinski definition) is 3. The van der Waals surface area contributed by atoms with Crippen molar-refractivity contribution >= 4 is 15.9 Å². The number of ether oxygens (including phenoxy) is 3. The Balaban J connectivity index is 2.05. The second-order valence-electron chi connectivity index (χ2n) is 3.27. The lowest BCUT2D eigenvalue weighted by Crippen LogP contribution is -2.07. The molecule has 0 amide bonds. The first-order chi connectivity index (χ1) is 7.84. The summed E-state index contributed by atoms with van der Waals surface area (Å²) < 4.78 is 16.5. The van der Waals surface area contributed by atoms with Crippen molar-refractivity contribution in [2.24, 2.45) is 0 Å². The topological polar surface area (TPSA) is 27.7 Å². The molecule has 1 rings (SSSR count). The molecule has 0 spiro atoms. The molecule has 0 bridgehead atoms. The molecule has 16 heavy (non-hydrogen) atoms. The van der Waals surface area contributed by atoms with Crippen LogP contribution in [0.4, 0.5) is 0 Å². The molecule has 0 aromatic heterocycles. The van der Waals surface area contributed by atoms with Crippen molar-refractivity contribution in [1.82, 2.24) is 0 Å². The highest BCUT2D eigenvalue weighted by Gasteiger charge is 1.97. The van der Waals surface area contributed by atoms with E-state index in [4.69, 9.17) is 14.2 Å². The van der Waals surface area contributed by atoms with Crippen molar-refractivity contribution < 1.29 is 14.2 Å². The molecule has 0 unspecified atom stereocenters. The van der Waals surface area contributed by atoms with Gasteiger partial charge >= 0.3 is 0 Å². The van der Waals surface area contributed by atoms with Gasteiger partial charge in [-0.15, -0.1) is 0 Å². The molecule has 0 aliphatic carbocycles. The molecule has 4 heteroatoms. The Labute approximate surface area is 105 Å². The summed E-state index contributed by atoms with van der Waals surface area (Å²) in [5, 5.41) is 0. The first-order valence-corrected chi connectivity index (χ1v) is 6.01. The van der Waals surface area contributed by atoms with Crippen molar-refractivity contribution in [1.29, 1.82) is 0 Å². The van der Waals surface area contributed by atoms with Gasteiger partial charge in [-0.1, -0.05) is 34.1 Å². The molecular weight excluding hydrogens is 272 g/mol. The fourth-order valence-corrected chi connectivity index (χ4v) is 1.69. The van der Waals surface area contributed by atoms with Crippen LogP contribution >= 0.6 is 15.9 Å². The van der Waals surface area contributed by atoms with Gasteiger partial charge in [0.25, 0.3) is 0 Å². The van der Waals surface area contributed by atoms with Gasteiger partial charge in [0.15, 0.2) is 0 Å². The minimum Gasteiger partial charge on any atom is -0.382 e. The van der Waals surface area contributed by atoms with Gasteiger partial charge in [0.1, 0.15) is 6.79 Å². The summed E-state index contributed by atoms with van der Waals surface area (Å²) in [4.78, 5) is 0. The maximum atomic E-state index is 5.34. The molecule has 3 nitrogen and oxygen atoms in total. The number of halogens is 1. The lowest BCUT2D eigenvalue weighted by atomic mass is 10.2. The van der Waals surface area contributed by atoms with Crippen LogP contribution in [0.2, 0.25) is 0 Å². The van der Waals surface area contributed by atoms with Crippen molar-refractivity contribution in [3.05, 3.63) is 34.3 Å². The molecule has 0 fully saturated rings. The zero-order chi connectivity index (χ0) is 11.6. The average molecular weight is 289 g/mol. The monoisotopic (exact) mass is 288 g/mol. The molecule has 0 saturated carbocycles. The van der Waals surface area contributed by atoms with Gasteiger partial charge in [0.2, 0.25) is 0 Å². The van der Waals surface area contributed by atoms with E-state index in [1.165, 1.54) is 5.56 Å². The Morgan fingerprint density at radius 3 is 2.56 bits per heavy atom. The molecule has 0 aliphatic rings. The van der Waals surface area contributed by atoms with Gasteiger partial charge in [0, 0.05) is 11.6 Å². The van der Waals surface area contributed by atoms with Crippen molar-refractivity contribution in [3.63, 3.8) is 0 Å². The van der Waals surface area contributed by atoms with Crippen LogP contribution in [-0.2, 0) is 20.6 Å². The van der Waals surface area contributed by atoms with E-state index in [0.717, 1.165) is 10.9 Å². The van der Waals surface area contributed by atoms with E-state index in [0.29, 0.717) is 26.6 Å². The summed E-state index contributed by atoms with van der Waals surface area (Å²) in [5.74, 6) is 0. The molecule has 0 aliphatic heterocycles. The van der Waals surface area contributed by atoms with Crippen LogP contribution in [0, 0.1) is 0 Å². The van der Waals surface area contributed by atoms with Crippen LogP contribution in [0.5, 0.6) is 0 Å². The maximum Gasteiger partial charge on any atom is 0.146 e. The zero-order valence-corrected chi connectivity index (χ0v) is 11.0. The average Bonchev–Trinajstić information content (AvgIpc) is 2.30. The number of rotatable bonds is 8. The third kappa shape index (κ3) is 5.61. The highest BCUT2D eigenvalue weighted by atomic mass is 79.9. The summed E-state index contributed by atoms with van der Waals surface area (Å²) >= 11 is 3.50. The normalized spacial score (nSPS) is 10.6. The van der Waals surface area contributed by atoms with Gasteiger partial charge < -0.3 is 14.2 Å². The highest BCUT2D eigenvalue weighted by Crippen LogP contribution is 2.16. The summed E-state index contributed by atoms with van der Waals surface area (Å²) in [6, 6.07) is 8.14. The Kier molecular flexibility index (Phi) is 7.42. The van der Waals surface area contributed by atoms with E-state index in [-0.39, 0.29) is 0 Å². The molecule has 0 radical (unpaired) electrons. The van der Waals surface area contributed by atoms with E-state index in [9.17, 15) is 0 Å². The Morgan fingerprint density at radius 2 is 1.81 bits per heavy atom. The summed E-state index contributed by atoms with van der Waals surface area (Å²) in [6.07, 6.45) is 0.884. The molecule has 0 heterocycles. The fourth-order valence-electron chi connectivity index (χ4n) is 1.20. The Hall–Kier alpha value is -0.420. The van der Waals surface area contributed by atoms with Crippen LogP contribution in [0.1, 0.15) is 5.56 Å². The molecule has 0 N–H and O–H groups in total. The number of hydrogen-bond donors (Lipinski definition) is 0. The molecule has 0 saturated heterocycles. The van der Waals surface area contributed by atoms with Crippen LogP contribution < -0.4 is 0 Å². The van der Waals surface area contributed by atoms with Crippen LogP contribution in [0.3, 0.4) is 0 Å². The molecule has 0 atom stereocenters. The van der Waals surface area contributed by atoms with E-state index in [1.807, 2.05) is 18.2 Å². The molecular formula is C12H17BrO3. The smallest absolute Gasteiger partial charge is 0.146 e. The van der Waals surface area contributed by atoms with Gasteiger partial charge in [-0.2, -0.15) is 0 Å². The van der Waals surface area contributed by atoms with Crippen LogP contribution in [-0.4, -0.2) is 33.7 Å². The minimum absolute atomic E-state index is 0.327. The lowest BCUT2D eigenvalue weighted by molar-refractivity contribution is -0.0647. The van der Waals surface area contributed by atoms with E-state index < -0.39 is 0 Å². The quantitative estimate of drug-likeness (QED) is 0.544. The zero-order valence-electron chi connectivity index (χ0n) is 9.45. The standard InChI is InChI=1S/C12H17BrO3/c1-14-8-9-16-10-15-7-6-11-4-2-3-5-12(11)13/h2-5H,6-10H2,1H3. The first-order valence-electron chi connectivity index (χ1n) is 5.22. The van der Waals surface area contributed by atoms with Crippen molar-refractivity contribution in [2.75, 3.05) is 33.7 Å². The summed E-state index contributed by atoms with van der Waals surface area (Å²) in [6.45, 7) is 2.17. The van der Waals surface area contributed by atoms with Crippen LogP contribution in [0.15, 0.2) is 28.7 Å². The van der Waals surface area contributed by atoms with E-state index >= 15 is 0 Å². The van der Waals surface area contributed by atoms with Crippen molar-refractivity contribution in [3.8, 4) is 0 Å². The third-order valence-electron chi connectivity index (χ3n) is 2.07. The molecule has 90 valence electrons. The number of benzene rings is 1. The Bertz CT molecular complexity index is 291. The second-order valence-corrected chi connectivity index (χ2v) is 4.12. The highest BCUT2D eigenvalue weighted by molar-refractivity contribution is 9.10. The van der Waals surface area contributed by atoms with Gasteiger partial charge in [0.05, 0.1) is 19.8 Å². The van der Waals surface area contributed by atoms with Gasteiger partial charge in [-0.25, -0.2) is 0 Å². The van der Waals surface area contributed by atoms with E-state index in [1.54, 1.807) is 7.11 Å². The minimum atomic E-state index is 0.327. The van der Waals surface area contributed by atoms with E-state index in [2.05, 4.69) is 22.0 Å². The number of methoxy groups -OCH3 is 1. The largest absolute Gasteiger partial charge is 0.382 e. The predicted molar refractivity (Wildman–Crippen MR) is 66.5 cm³/mol. The van der Waals surface area contributed by atoms with Gasteiger partial charge in [-0.05, 0) is 18.1 Å². The van der Waals surface area contributed by atoms with Crippen LogP contribution in [0.25, 0.3) is 0 Å². The molecule has 1 aromatic carbocycles. The molecule has 1 aromatic rings. The Morgan fingerprint density at radius 1 is 1.06 bits per heavy atom. The van der Waals surface area contributed by atoms with Gasteiger partial charge in [-0.3, -0.25) is 0 Å². The third-order valence-corrected chi connectivity index (χ3v) is 2.85.